The van der Waals surface area contributed by atoms with Gasteiger partial charge in [0.2, 0.25) is 5.91 Å². The number of furan rings is 1. The highest BCUT2D eigenvalue weighted by Gasteiger charge is 2.24. The Hall–Kier alpha value is -2.56. The third-order valence-corrected chi connectivity index (χ3v) is 4.16. The average molecular weight is 328 g/mol. The molecule has 0 saturated carbocycles. The van der Waals surface area contributed by atoms with Gasteiger partial charge in [0, 0.05) is 38.2 Å². The fourth-order valence-corrected chi connectivity index (χ4v) is 2.57. The molecule has 0 aliphatic heterocycles. The van der Waals surface area contributed by atoms with Crippen molar-refractivity contribution in [1.82, 2.24) is 10.2 Å². The fraction of sp³-hybridized carbons (Fsp3) is 0.368. The molecule has 0 atom stereocenters. The predicted octanol–water partition coefficient (Wildman–Crippen LogP) is 3.16. The van der Waals surface area contributed by atoms with Gasteiger partial charge in [-0.2, -0.15) is 0 Å². The molecule has 5 nitrogen and oxygen atoms in total. The predicted molar refractivity (Wildman–Crippen MR) is 93.9 cm³/mol. The second kappa shape index (κ2) is 7.81. The average Bonchev–Trinajstić information content (AvgIpc) is 2.89. The zero-order valence-corrected chi connectivity index (χ0v) is 14.7. The van der Waals surface area contributed by atoms with E-state index in [9.17, 15) is 9.59 Å². The maximum absolute atomic E-state index is 12.9. The van der Waals surface area contributed by atoms with Crippen molar-refractivity contribution in [1.29, 1.82) is 0 Å². The van der Waals surface area contributed by atoms with Gasteiger partial charge in [-0.3, -0.25) is 9.59 Å². The number of carbonyl (C=O) groups excluding carboxylic acids is 2. The number of amides is 2. The van der Waals surface area contributed by atoms with Gasteiger partial charge < -0.3 is 14.6 Å². The van der Waals surface area contributed by atoms with E-state index in [2.05, 4.69) is 5.32 Å². The van der Waals surface area contributed by atoms with Gasteiger partial charge in [0.25, 0.3) is 5.91 Å². The summed E-state index contributed by atoms with van der Waals surface area (Å²) in [6, 6.07) is 9.63. The van der Waals surface area contributed by atoms with Crippen molar-refractivity contribution >= 4 is 11.8 Å². The van der Waals surface area contributed by atoms with E-state index < -0.39 is 0 Å². The van der Waals surface area contributed by atoms with Crippen molar-refractivity contribution in [2.75, 3.05) is 20.6 Å². The van der Waals surface area contributed by atoms with Crippen molar-refractivity contribution in [3.05, 3.63) is 47.2 Å². The first kappa shape index (κ1) is 17.8. The molecule has 0 spiro atoms. The lowest BCUT2D eigenvalue weighted by atomic mass is 10.0. The van der Waals surface area contributed by atoms with Crippen LogP contribution in [-0.2, 0) is 4.79 Å². The molecular formula is C19H24N2O3. The number of hydrogen-bond acceptors (Lipinski definition) is 3. The fourth-order valence-electron chi connectivity index (χ4n) is 2.57. The van der Waals surface area contributed by atoms with E-state index in [1.807, 2.05) is 44.2 Å². The summed E-state index contributed by atoms with van der Waals surface area (Å²) in [6.07, 6.45) is 1.03. The molecule has 2 amide bonds. The Labute approximate surface area is 142 Å². The summed E-state index contributed by atoms with van der Waals surface area (Å²) >= 11 is 0. The molecule has 1 aromatic heterocycles. The molecule has 0 unspecified atom stereocenters. The highest BCUT2D eigenvalue weighted by molar-refractivity contribution is 6.01. The van der Waals surface area contributed by atoms with Crippen LogP contribution in [-0.4, -0.2) is 37.4 Å². The van der Waals surface area contributed by atoms with Crippen molar-refractivity contribution in [3.8, 4) is 11.3 Å². The summed E-state index contributed by atoms with van der Waals surface area (Å²) in [5.74, 6) is 1.25. The van der Waals surface area contributed by atoms with Gasteiger partial charge in [-0.1, -0.05) is 30.3 Å². The van der Waals surface area contributed by atoms with Crippen LogP contribution in [0.1, 0.15) is 34.5 Å². The summed E-state index contributed by atoms with van der Waals surface area (Å²) in [7, 11) is 3.36. The van der Waals surface area contributed by atoms with Crippen molar-refractivity contribution in [2.45, 2.75) is 26.7 Å². The van der Waals surface area contributed by atoms with E-state index in [0.29, 0.717) is 30.7 Å². The Morgan fingerprint density at radius 3 is 2.46 bits per heavy atom. The largest absolute Gasteiger partial charge is 0.460 e. The summed E-state index contributed by atoms with van der Waals surface area (Å²) in [5, 5.41) is 2.59. The molecule has 1 aromatic carbocycles. The van der Waals surface area contributed by atoms with E-state index in [1.54, 1.807) is 19.0 Å². The van der Waals surface area contributed by atoms with E-state index >= 15 is 0 Å². The van der Waals surface area contributed by atoms with Gasteiger partial charge in [0.05, 0.1) is 5.56 Å². The third-order valence-electron chi connectivity index (χ3n) is 4.16. The van der Waals surface area contributed by atoms with E-state index in [1.165, 1.54) is 0 Å². The molecule has 2 rings (SSSR count). The van der Waals surface area contributed by atoms with Crippen LogP contribution in [0.15, 0.2) is 34.7 Å². The topological polar surface area (TPSA) is 62.6 Å². The van der Waals surface area contributed by atoms with Gasteiger partial charge in [-0.25, -0.2) is 0 Å². The second-order valence-corrected chi connectivity index (χ2v) is 5.86. The molecule has 24 heavy (non-hydrogen) atoms. The lowest BCUT2D eigenvalue weighted by Crippen LogP contribution is -2.29. The summed E-state index contributed by atoms with van der Waals surface area (Å²) < 4.78 is 5.85. The second-order valence-electron chi connectivity index (χ2n) is 5.86. The first-order valence-electron chi connectivity index (χ1n) is 8.07. The molecular weight excluding hydrogens is 304 g/mol. The Balaban J connectivity index is 2.21. The number of nitrogens with zero attached hydrogens (tertiary/aromatic N) is 1. The van der Waals surface area contributed by atoms with Crippen LogP contribution in [0.2, 0.25) is 0 Å². The molecule has 1 heterocycles. The normalized spacial score (nSPS) is 10.5. The zero-order chi connectivity index (χ0) is 17.7. The Morgan fingerprint density at radius 1 is 1.17 bits per heavy atom. The van der Waals surface area contributed by atoms with Crippen LogP contribution in [0.4, 0.5) is 0 Å². The molecule has 1 N–H and O–H groups in total. The van der Waals surface area contributed by atoms with E-state index in [0.717, 1.165) is 16.9 Å². The van der Waals surface area contributed by atoms with Gasteiger partial charge in [0.15, 0.2) is 0 Å². The molecule has 2 aromatic rings. The number of benzene rings is 1. The van der Waals surface area contributed by atoms with Crippen LogP contribution in [0.3, 0.4) is 0 Å². The summed E-state index contributed by atoms with van der Waals surface area (Å²) in [4.78, 5) is 25.8. The molecule has 0 aliphatic rings. The minimum Gasteiger partial charge on any atom is -0.460 e. The number of carbonyl (C=O) groups is 2. The minimum absolute atomic E-state index is 0.0174. The van der Waals surface area contributed by atoms with Gasteiger partial charge >= 0.3 is 0 Å². The van der Waals surface area contributed by atoms with Crippen molar-refractivity contribution in [3.63, 3.8) is 0 Å². The van der Waals surface area contributed by atoms with Crippen LogP contribution < -0.4 is 5.32 Å². The molecule has 0 saturated heterocycles. The highest BCUT2D eigenvalue weighted by Crippen LogP contribution is 2.31. The maximum atomic E-state index is 12.9. The highest BCUT2D eigenvalue weighted by atomic mass is 16.3. The lowest BCUT2D eigenvalue weighted by Gasteiger charge is -2.17. The molecule has 0 aliphatic carbocycles. The number of aryl methyl sites for hydroxylation is 1. The van der Waals surface area contributed by atoms with E-state index in [-0.39, 0.29) is 11.8 Å². The van der Waals surface area contributed by atoms with Crippen LogP contribution in [0.5, 0.6) is 0 Å². The quantitative estimate of drug-likeness (QED) is 0.886. The molecule has 5 heteroatoms. The maximum Gasteiger partial charge on any atom is 0.257 e. The van der Waals surface area contributed by atoms with Crippen molar-refractivity contribution in [2.24, 2.45) is 0 Å². The van der Waals surface area contributed by atoms with Gasteiger partial charge in [-0.15, -0.1) is 0 Å². The lowest BCUT2D eigenvalue weighted by molar-refractivity contribution is -0.120. The standard InChI is InChI=1S/C19H24N2O3/c1-13-14(2)24-18(15-9-6-5-7-10-15)17(13)19(23)21(4)12-8-11-16(22)20-3/h5-7,9-10H,8,11-12H2,1-4H3,(H,20,22). The first-order chi connectivity index (χ1) is 11.5. The van der Waals surface area contributed by atoms with Crippen molar-refractivity contribution < 1.29 is 14.0 Å². The number of hydrogen-bond donors (Lipinski definition) is 1. The van der Waals surface area contributed by atoms with Gasteiger partial charge in [-0.05, 0) is 20.3 Å². The Bertz CT molecular complexity index is 720. The minimum atomic E-state index is -0.0832. The number of rotatable bonds is 6. The van der Waals surface area contributed by atoms with Gasteiger partial charge in [0.1, 0.15) is 11.5 Å². The molecule has 0 bridgehead atoms. The zero-order valence-electron chi connectivity index (χ0n) is 14.7. The summed E-state index contributed by atoms with van der Waals surface area (Å²) in [5.41, 5.74) is 2.34. The van der Waals surface area contributed by atoms with Crippen LogP contribution in [0, 0.1) is 13.8 Å². The SMILES string of the molecule is CNC(=O)CCCN(C)C(=O)c1c(-c2ccccc2)oc(C)c1C. The molecule has 0 fully saturated rings. The van der Waals surface area contributed by atoms with Crippen LogP contribution >= 0.6 is 0 Å². The molecule has 0 radical (unpaired) electrons. The van der Waals surface area contributed by atoms with Crippen LogP contribution in [0.25, 0.3) is 11.3 Å². The third kappa shape index (κ3) is 3.85. The van der Waals surface area contributed by atoms with E-state index in [4.69, 9.17) is 4.42 Å². The molecule has 128 valence electrons. The summed E-state index contributed by atoms with van der Waals surface area (Å²) in [6.45, 7) is 4.28. The smallest absolute Gasteiger partial charge is 0.257 e. The Morgan fingerprint density at radius 2 is 1.83 bits per heavy atom. The number of nitrogens with one attached hydrogen (secondary N) is 1. The Kier molecular flexibility index (Phi) is 5.79. The monoisotopic (exact) mass is 328 g/mol. The first-order valence-corrected chi connectivity index (χ1v) is 8.07.